The Hall–Kier alpha value is -0.160. The topological polar surface area (TPSA) is 53.3 Å². The average molecular weight is 311 g/mol. The third kappa shape index (κ3) is 4.44. The third-order valence-corrected chi connectivity index (χ3v) is 5.18. The standard InChI is InChI=1S/C18H38N4/c1-15(2)9-13(10-16(3,4)20-15)22(19)14-11-17(5,6)21-18(7,8)12-14/h13-14,20-21H,9-12,19H2,1-8H3. The summed E-state index contributed by atoms with van der Waals surface area (Å²) in [6.07, 6.45) is 4.44. The first kappa shape index (κ1) is 18.2. The molecule has 2 saturated heterocycles. The van der Waals surface area contributed by atoms with E-state index in [4.69, 9.17) is 5.84 Å². The molecule has 2 fully saturated rings. The number of hydrazine groups is 1. The van der Waals surface area contributed by atoms with Crippen LogP contribution in [0.25, 0.3) is 0 Å². The van der Waals surface area contributed by atoms with Gasteiger partial charge in [0.25, 0.3) is 0 Å². The van der Waals surface area contributed by atoms with Crippen LogP contribution in [0.3, 0.4) is 0 Å². The Morgan fingerprint density at radius 2 is 0.864 bits per heavy atom. The summed E-state index contributed by atoms with van der Waals surface area (Å²) in [6, 6.07) is 0.891. The van der Waals surface area contributed by atoms with Crippen LogP contribution in [0.15, 0.2) is 0 Å². The molecule has 130 valence electrons. The molecule has 0 atom stereocenters. The molecule has 2 heterocycles. The van der Waals surface area contributed by atoms with Crippen molar-refractivity contribution in [1.29, 1.82) is 0 Å². The molecule has 2 aliphatic rings. The quantitative estimate of drug-likeness (QED) is 0.542. The van der Waals surface area contributed by atoms with Gasteiger partial charge in [-0.3, -0.25) is 5.84 Å². The second-order valence-electron chi connectivity index (χ2n) is 10.4. The van der Waals surface area contributed by atoms with E-state index in [1.54, 1.807) is 0 Å². The molecular formula is C18H38N4. The lowest BCUT2D eigenvalue weighted by atomic mass is 9.76. The van der Waals surface area contributed by atoms with Crippen molar-refractivity contribution in [2.75, 3.05) is 0 Å². The summed E-state index contributed by atoms with van der Waals surface area (Å²) in [5.41, 5.74) is 0.563. The molecule has 22 heavy (non-hydrogen) atoms. The van der Waals surface area contributed by atoms with Crippen molar-refractivity contribution in [3.05, 3.63) is 0 Å². The van der Waals surface area contributed by atoms with Gasteiger partial charge >= 0.3 is 0 Å². The zero-order valence-electron chi connectivity index (χ0n) is 16.0. The predicted molar refractivity (Wildman–Crippen MR) is 94.7 cm³/mol. The highest BCUT2D eigenvalue weighted by Gasteiger charge is 2.44. The van der Waals surface area contributed by atoms with Crippen LogP contribution >= 0.6 is 0 Å². The molecular weight excluding hydrogens is 272 g/mol. The Morgan fingerprint density at radius 1 is 0.636 bits per heavy atom. The van der Waals surface area contributed by atoms with Crippen LogP contribution in [-0.2, 0) is 0 Å². The molecule has 0 spiro atoms. The SMILES string of the molecule is CC1(C)CC(N(N)C2CC(C)(C)NC(C)(C)C2)CC(C)(C)N1. The van der Waals surface area contributed by atoms with Crippen LogP contribution in [-0.4, -0.2) is 39.2 Å². The predicted octanol–water partition coefficient (Wildman–Crippen LogP) is 2.78. The maximum atomic E-state index is 6.69. The highest BCUT2D eigenvalue weighted by molar-refractivity contribution is 5.04. The van der Waals surface area contributed by atoms with Gasteiger partial charge in [0, 0.05) is 34.2 Å². The minimum atomic E-state index is 0.141. The Kier molecular flexibility index (Phi) is 4.49. The largest absolute Gasteiger partial charge is 0.307 e. The number of rotatable bonds is 2. The smallest absolute Gasteiger partial charge is 0.0278 e. The molecule has 0 aromatic heterocycles. The first-order chi connectivity index (χ1) is 9.71. The Labute approximate surface area is 137 Å². The fourth-order valence-electron chi connectivity index (χ4n) is 5.26. The van der Waals surface area contributed by atoms with Gasteiger partial charge in [-0.05, 0) is 81.1 Å². The molecule has 4 nitrogen and oxygen atoms in total. The van der Waals surface area contributed by atoms with E-state index in [0.29, 0.717) is 12.1 Å². The average Bonchev–Trinajstić information content (AvgIpc) is 2.18. The molecule has 0 aromatic carbocycles. The molecule has 2 rings (SSSR count). The van der Waals surface area contributed by atoms with E-state index in [9.17, 15) is 0 Å². The van der Waals surface area contributed by atoms with Gasteiger partial charge in [0.1, 0.15) is 0 Å². The number of hydrogen-bond donors (Lipinski definition) is 3. The van der Waals surface area contributed by atoms with E-state index < -0.39 is 0 Å². The molecule has 2 aliphatic heterocycles. The summed E-state index contributed by atoms with van der Waals surface area (Å²) >= 11 is 0. The third-order valence-electron chi connectivity index (χ3n) is 5.18. The van der Waals surface area contributed by atoms with E-state index in [0.717, 1.165) is 25.7 Å². The summed E-state index contributed by atoms with van der Waals surface area (Å²) in [7, 11) is 0. The number of nitrogens with one attached hydrogen (secondary N) is 2. The molecule has 0 amide bonds. The maximum Gasteiger partial charge on any atom is 0.0278 e. The highest BCUT2D eigenvalue weighted by atomic mass is 15.4. The Bertz CT molecular complexity index is 341. The number of hydrogen-bond acceptors (Lipinski definition) is 4. The summed E-state index contributed by atoms with van der Waals surface area (Å²) < 4.78 is 0. The lowest BCUT2D eigenvalue weighted by molar-refractivity contribution is -0.00281. The van der Waals surface area contributed by atoms with Gasteiger partial charge in [-0.1, -0.05) is 0 Å². The van der Waals surface area contributed by atoms with Crippen molar-refractivity contribution < 1.29 is 0 Å². The van der Waals surface area contributed by atoms with Crippen molar-refractivity contribution in [2.24, 2.45) is 5.84 Å². The van der Waals surface area contributed by atoms with Gasteiger partial charge in [0.15, 0.2) is 0 Å². The minimum Gasteiger partial charge on any atom is -0.307 e. The summed E-state index contributed by atoms with van der Waals surface area (Å²) in [4.78, 5) is 0. The first-order valence-corrected chi connectivity index (χ1v) is 8.82. The van der Waals surface area contributed by atoms with Gasteiger partial charge in [0.2, 0.25) is 0 Å². The summed E-state index contributed by atoms with van der Waals surface area (Å²) in [5.74, 6) is 6.69. The fourth-order valence-corrected chi connectivity index (χ4v) is 5.26. The van der Waals surface area contributed by atoms with Crippen LogP contribution in [0.4, 0.5) is 0 Å². The molecule has 0 bridgehead atoms. The van der Waals surface area contributed by atoms with Gasteiger partial charge in [-0.15, -0.1) is 0 Å². The fraction of sp³-hybridized carbons (Fsp3) is 1.00. The Balaban J connectivity index is 2.15. The van der Waals surface area contributed by atoms with Gasteiger partial charge in [-0.25, -0.2) is 5.01 Å². The molecule has 0 saturated carbocycles. The number of piperidine rings is 2. The molecule has 0 radical (unpaired) electrons. The minimum absolute atomic E-state index is 0.141. The monoisotopic (exact) mass is 310 g/mol. The van der Waals surface area contributed by atoms with Crippen LogP contribution in [0.2, 0.25) is 0 Å². The van der Waals surface area contributed by atoms with Crippen LogP contribution in [0.1, 0.15) is 81.1 Å². The van der Waals surface area contributed by atoms with Crippen molar-refractivity contribution in [2.45, 2.75) is 115 Å². The van der Waals surface area contributed by atoms with E-state index in [2.05, 4.69) is 71.0 Å². The van der Waals surface area contributed by atoms with Crippen molar-refractivity contribution in [1.82, 2.24) is 15.6 Å². The molecule has 0 aliphatic carbocycles. The van der Waals surface area contributed by atoms with Crippen LogP contribution < -0.4 is 16.5 Å². The Morgan fingerprint density at radius 3 is 1.09 bits per heavy atom. The number of nitrogens with two attached hydrogens (primary N) is 1. The molecule has 0 aromatic rings. The van der Waals surface area contributed by atoms with Gasteiger partial charge in [0.05, 0.1) is 0 Å². The molecule has 0 unspecified atom stereocenters. The zero-order chi connectivity index (χ0) is 17.0. The van der Waals surface area contributed by atoms with E-state index in [1.165, 1.54) is 0 Å². The van der Waals surface area contributed by atoms with E-state index >= 15 is 0 Å². The maximum absolute atomic E-state index is 6.69. The second-order valence-corrected chi connectivity index (χ2v) is 10.4. The lowest BCUT2D eigenvalue weighted by Gasteiger charge is -2.54. The summed E-state index contributed by atoms with van der Waals surface area (Å²) in [5, 5.41) is 9.72. The van der Waals surface area contributed by atoms with Crippen LogP contribution in [0.5, 0.6) is 0 Å². The molecule has 4 N–H and O–H groups in total. The van der Waals surface area contributed by atoms with Crippen molar-refractivity contribution in [3.8, 4) is 0 Å². The number of nitrogens with zero attached hydrogens (tertiary/aromatic N) is 1. The van der Waals surface area contributed by atoms with E-state index in [1.807, 2.05) is 0 Å². The van der Waals surface area contributed by atoms with Gasteiger partial charge in [-0.2, -0.15) is 0 Å². The van der Waals surface area contributed by atoms with E-state index in [-0.39, 0.29) is 22.2 Å². The lowest BCUT2D eigenvalue weighted by Crippen LogP contribution is -2.68. The van der Waals surface area contributed by atoms with Crippen molar-refractivity contribution >= 4 is 0 Å². The van der Waals surface area contributed by atoms with Crippen LogP contribution in [0, 0.1) is 0 Å². The first-order valence-electron chi connectivity index (χ1n) is 8.82. The normalized spacial score (nSPS) is 31.4. The molecule has 4 heteroatoms. The summed E-state index contributed by atoms with van der Waals surface area (Å²) in [6.45, 7) is 18.4. The van der Waals surface area contributed by atoms with Crippen molar-refractivity contribution in [3.63, 3.8) is 0 Å². The van der Waals surface area contributed by atoms with Gasteiger partial charge < -0.3 is 10.6 Å². The zero-order valence-corrected chi connectivity index (χ0v) is 16.0. The highest BCUT2D eigenvalue weighted by Crippen LogP contribution is 2.36. The second kappa shape index (κ2) is 5.44.